The molecule has 0 unspecified atom stereocenters. The Morgan fingerprint density at radius 3 is 2.63 bits per heavy atom. The standard InChI is InChI=1S/C15H13BrINO/c1-9-8-11(17)6-7-14(9)18-15(19)12-4-3-5-13(16)10(12)2/h3-8H,1-2H3,(H,18,19). The molecule has 0 aliphatic heterocycles. The van der Waals surface area contributed by atoms with Crippen LogP contribution >= 0.6 is 38.5 Å². The number of hydrogen-bond acceptors (Lipinski definition) is 1. The summed E-state index contributed by atoms with van der Waals surface area (Å²) in [5.41, 5.74) is 3.55. The average molecular weight is 430 g/mol. The van der Waals surface area contributed by atoms with Crippen molar-refractivity contribution in [3.05, 3.63) is 61.1 Å². The lowest BCUT2D eigenvalue weighted by Crippen LogP contribution is -2.14. The number of carbonyl (C=O) groups is 1. The Labute approximate surface area is 134 Å². The van der Waals surface area contributed by atoms with Crippen LogP contribution in [-0.4, -0.2) is 5.91 Å². The third-order valence-corrected chi connectivity index (χ3v) is 4.48. The van der Waals surface area contributed by atoms with Gasteiger partial charge in [0.2, 0.25) is 0 Å². The van der Waals surface area contributed by atoms with Crippen molar-refractivity contribution in [2.24, 2.45) is 0 Å². The first kappa shape index (κ1) is 14.5. The molecule has 0 fully saturated rings. The maximum Gasteiger partial charge on any atom is 0.255 e. The number of benzene rings is 2. The lowest BCUT2D eigenvalue weighted by Gasteiger charge is -2.11. The van der Waals surface area contributed by atoms with Crippen molar-refractivity contribution in [1.29, 1.82) is 0 Å². The largest absolute Gasteiger partial charge is 0.322 e. The van der Waals surface area contributed by atoms with Crippen molar-refractivity contribution in [3.63, 3.8) is 0 Å². The number of nitrogens with one attached hydrogen (secondary N) is 1. The fourth-order valence-electron chi connectivity index (χ4n) is 1.81. The summed E-state index contributed by atoms with van der Waals surface area (Å²) in [4.78, 5) is 12.3. The molecule has 0 saturated carbocycles. The van der Waals surface area contributed by atoms with Crippen LogP contribution in [0.2, 0.25) is 0 Å². The van der Waals surface area contributed by atoms with E-state index in [1.54, 1.807) is 0 Å². The smallest absolute Gasteiger partial charge is 0.255 e. The molecule has 2 aromatic rings. The SMILES string of the molecule is Cc1cc(I)ccc1NC(=O)c1cccc(Br)c1C. The van der Waals surface area contributed by atoms with Gasteiger partial charge in [-0.3, -0.25) is 4.79 Å². The number of halogens is 2. The molecule has 0 heterocycles. The maximum absolute atomic E-state index is 12.3. The molecule has 0 bridgehead atoms. The second kappa shape index (κ2) is 6.05. The zero-order valence-electron chi connectivity index (χ0n) is 10.6. The summed E-state index contributed by atoms with van der Waals surface area (Å²) in [6.07, 6.45) is 0. The monoisotopic (exact) mass is 429 g/mol. The average Bonchev–Trinajstić information content (AvgIpc) is 2.36. The van der Waals surface area contributed by atoms with Gasteiger partial charge in [-0.2, -0.15) is 0 Å². The molecule has 0 atom stereocenters. The Kier molecular flexibility index (Phi) is 4.62. The zero-order chi connectivity index (χ0) is 14.0. The van der Waals surface area contributed by atoms with Crippen LogP contribution in [0.3, 0.4) is 0 Å². The van der Waals surface area contributed by atoms with Crippen LogP contribution in [0.4, 0.5) is 5.69 Å². The molecular formula is C15H13BrINO. The fraction of sp³-hybridized carbons (Fsp3) is 0.133. The van der Waals surface area contributed by atoms with Gasteiger partial charge in [0.1, 0.15) is 0 Å². The van der Waals surface area contributed by atoms with Crippen molar-refractivity contribution in [3.8, 4) is 0 Å². The van der Waals surface area contributed by atoms with Crippen LogP contribution in [0.5, 0.6) is 0 Å². The van der Waals surface area contributed by atoms with E-state index < -0.39 is 0 Å². The van der Waals surface area contributed by atoms with Crippen LogP contribution in [0.15, 0.2) is 40.9 Å². The van der Waals surface area contributed by atoms with Crippen molar-refractivity contribution in [2.45, 2.75) is 13.8 Å². The van der Waals surface area contributed by atoms with E-state index in [-0.39, 0.29) is 5.91 Å². The number of hydrogen-bond donors (Lipinski definition) is 1. The summed E-state index contributed by atoms with van der Waals surface area (Å²) in [5, 5.41) is 2.96. The number of carbonyl (C=O) groups excluding carboxylic acids is 1. The van der Waals surface area contributed by atoms with Crippen LogP contribution in [0.1, 0.15) is 21.5 Å². The molecule has 4 heteroatoms. The minimum absolute atomic E-state index is 0.0805. The summed E-state index contributed by atoms with van der Waals surface area (Å²) in [5.74, 6) is -0.0805. The van der Waals surface area contributed by atoms with Gasteiger partial charge in [0.25, 0.3) is 5.91 Å². The van der Waals surface area contributed by atoms with E-state index in [1.807, 2.05) is 50.2 Å². The van der Waals surface area contributed by atoms with E-state index in [0.717, 1.165) is 24.9 Å². The van der Waals surface area contributed by atoms with E-state index in [1.165, 1.54) is 0 Å². The Morgan fingerprint density at radius 2 is 1.95 bits per heavy atom. The van der Waals surface area contributed by atoms with Crippen molar-refractivity contribution >= 4 is 50.1 Å². The third kappa shape index (κ3) is 3.36. The number of aryl methyl sites for hydroxylation is 1. The highest BCUT2D eigenvalue weighted by Gasteiger charge is 2.11. The van der Waals surface area contributed by atoms with Crippen LogP contribution in [0.25, 0.3) is 0 Å². The van der Waals surface area contributed by atoms with Gasteiger partial charge >= 0.3 is 0 Å². The zero-order valence-corrected chi connectivity index (χ0v) is 14.4. The molecule has 2 rings (SSSR count). The van der Waals surface area contributed by atoms with E-state index in [9.17, 15) is 4.79 Å². The number of amides is 1. The minimum atomic E-state index is -0.0805. The van der Waals surface area contributed by atoms with Gasteiger partial charge in [0.05, 0.1) is 0 Å². The molecular weight excluding hydrogens is 417 g/mol. The van der Waals surface area contributed by atoms with Gasteiger partial charge in [0.15, 0.2) is 0 Å². The Hall–Kier alpha value is -0.880. The molecule has 2 nitrogen and oxygen atoms in total. The minimum Gasteiger partial charge on any atom is -0.322 e. The summed E-state index contributed by atoms with van der Waals surface area (Å²) in [6, 6.07) is 11.6. The molecule has 19 heavy (non-hydrogen) atoms. The molecule has 0 aliphatic rings. The van der Waals surface area contributed by atoms with Crippen molar-refractivity contribution in [2.75, 3.05) is 5.32 Å². The molecule has 0 spiro atoms. The third-order valence-electron chi connectivity index (χ3n) is 2.95. The van der Waals surface area contributed by atoms with Gasteiger partial charge in [-0.15, -0.1) is 0 Å². The predicted octanol–water partition coefficient (Wildman–Crippen LogP) is 4.92. The highest BCUT2D eigenvalue weighted by molar-refractivity contribution is 14.1. The second-order valence-electron chi connectivity index (χ2n) is 4.33. The normalized spacial score (nSPS) is 10.3. The second-order valence-corrected chi connectivity index (χ2v) is 6.43. The first-order valence-corrected chi connectivity index (χ1v) is 7.69. The van der Waals surface area contributed by atoms with E-state index >= 15 is 0 Å². The maximum atomic E-state index is 12.3. The number of anilines is 1. The quantitative estimate of drug-likeness (QED) is 0.674. The first-order chi connectivity index (χ1) is 8.99. The van der Waals surface area contributed by atoms with Crippen LogP contribution in [-0.2, 0) is 0 Å². The van der Waals surface area contributed by atoms with Gasteiger partial charge in [-0.25, -0.2) is 0 Å². The summed E-state index contributed by atoms with van der Waals surface area (Å²) in [6.45, 7) is 3.92. The highest BCUT2D eigenvalue weighted by Crippen LogP contribution is 2.22. The van der Waals surface area contributed by atoms with Gasteiger partial charge in [0, 0.05) is 19.3 Å². The molecule has 0 aromatic heterocycles. The molecule has 0 radical (unpaired) electrons. The molecule has 98 valence electrons. The van der Waals surface area contributed by atoms with Crippen molar-refractivity contribution in [1.82, 2.24) is 0 Å². The lowest BCUT2D eigenvalue weighted by atomic mass is 10.1. The molecule has 2 aromatic carbocycles. The van der Waals surface area contributed by atoms with Crippen LogP contribution < -0.4 is 5.32 Å². The molecule has 0 saturated heterocycles. The Balaban J connectivity index is 2.28. The Morgan fingerprint density at radius 1 is 1.21 bits per heavy atom. The molecule has 1 amide bonds. The fourth-order valence-corrected chi connectivity index (χ4v) is 2.82. The van der Waals surface area contributed by atoms with Gasteiger partial charge < -0.3 is 5.32 Å². The van der Waals surface area contributed by atoms with Gasteiger partial charge in [-0.05, 0) is 77.9 Å². The number of rotatable bonds is 2. The molecule has 1 N–H and O–H groups in total. The summed E-state index contributed by atoms with van der Waals surface area (Å²) >= 11 is 5.70. The molecule has 0 aliphatic carbocycles. The van der Waals surface area contributed by atoms with E-state index in [2.05, 4.69) is 43.8 Å². The summed E-state index contributed by atoms with van der Waals surface area (Å²) in [7, 11) is 0. The van der Waals surface area contributed by atoms with Crippen LogP contribution in [0, 0.1) is 17.4 Å². The Bertz CT molecular complexity index is 640. The highest BCUT2D eigenvalue weighted by atomic mass is 127. The van der Waals surface area contributed by atoms with E-state index in [0.29, 0.717) is 5.56 Å². The topological polar surface area (TPSA) is 29.1 Å². The van der Waals surface area contributed by atoms with Gasteiger partial charge in [-0.1, -0.05) is 22.0 Å². The summed E-state index contributed by atoms with van der Waals surface area (Å²) < 4.78 is 2.10. The van der Waals surface area contributed by atoms with Crippen molar-refractivity contribution < 1.29 is 4.79 Å². The first-order valence-electron chi connectivity index (χ1n) is 5.81. The van der Waals surface area contributed by atoms with E-state index in [4.69, 9.17) is 0 Å². The lowest BCUT2D eigenvalue weighted by molar-refractivity contribution is 0.102. The predicted molar refractivity (Wildman–Crippen MR) is 90.7 cm³/mol.